The van der Waals surface area contributed by atoms with Crippen molar-refractivity contribution in [2.75, 3.05) is 13.3 Å². The summed E-state index contributed by atoms with van der Waals surface area (Å²) in [5.41, 5.74) is 1.82. The maximum absolute atomic E-state index is 13.4. The third-order valence-corrected chi connectivity index (χ3v) is 5.52. The van der Waals surface area contributed by atoms with Crippen molar-refractivity contribution in [1.82, 2.24) is 9.80 Å². The largest absolute Gasteiger partial charge is 0.467 e. The van der Waals surface area contributed by atoms with Gasteiger partial charge in [-0.1, -0.05) is 36.4 Å². The normalized spacial score (nSPS) is 12.3. The molecule has 2 aromatic carbocycles. The van der Waals surface area contributed by atoms with E-state index in [0.29, 0.717) is 30.3 Å². The maximum atomic E-state index is 13.4. The Labute approximate surface area is 199 Å². The molecule has 0 unspecified atom stereocenters. The average molecular weight is 461 g/mol. The lowest BCUT2D eigenvalue weighted by Crippen LogP contribution is -2.45. The molecule has 0 fully saturated rings. The van der Waals surface area contributed by atoms with Crippen molar-refractivity contribution in [2.45, 2.75) is 33.0 Å². The summed E-state index contributed by atoms with van der Waals surface area (Å²) in [4.78, 5) is 29.6. The molecule has 1 aliphatic rings. The van der Waals surface area contributed by atoms with Gasteiger partial charge in [0.2, 0.25) is 18.6 Å². The molecule has 0 radical (unpaired) electrons. The van der Waals surface area contributed by atoms with Crippen LogP contribution in [0.3, 0.4) is 0 Å². The summed E-state index contributed by atoms with van der Waals surface area (Å²) >= 11 is 0. The Kier molecular flexibility index (Phi) is 7.32. The molecule has 1 aliphatic heterocycles. The molecule has 4 rings (SSSR count). The van der Waals surface area contributed by atoms with Crippen LogP contribution in [0.5, 0.6) is 11.5 Å². The zero-order chi connectivity index (χ0) is 23.9. The second kappa shape index (κ2) is 10.7. The number of nitrogens with zero attached hydrogens (tertiary/aromatic N) is 2. The molecule has 0 spiro atoms. The molecule has 1 aromatic heterocycles. The second-order valence-corrected chi connectivity index (χ2v) is 8.32. The number of hydrogen-bond acceptors (Lipinski definition) is 5. The van der Waals surface area contributed by atoms with Gasteiger partial charge in [0.05, 0.1) is 12.8 Å². The van der Waals surface area contributed by atoms with Crippen LogP contribution in [0.2, 0.25) is 0 Å². The van der Waals surface area contributed by atoms with Crippen molar-refractivity contribution in [1.29, 1.82) is 0 Å². The summed E-state index contributed by atoms with van der Waals surface area (Å²) in [6.07, 6.45) is 4.85. The quantitative estimate of drug-likeness (QED) is 0.440. The Morgan fingerprint density at radius 3 is 2.50 bits per heavy atom. The summed E-state index contributed by atoms with van der Waals surface area (Å²) in [6, 6.07) is 18.7. The minimum Gasteiger partial charge on any atom is -0.467 e. The van der Waals surface area contributed by atoms with E-state index >= 15 is 0 Å². The lowest BCUT2D eigenvalue weighted by Gasteiger charge is -2.29. The number of hydrogen-bond donors (Lipinski definition) is 0. The van der Waals surface area contributed by atoms with Crippen LogP contribution in [-0.4, -0.2) is 41.0 Å². The van der Waals surface area contributed by atoms with E-state index in [1.807, 2.05) is 68.4 Å². The Morgan fingerprint density at radius 1 is 0.971 bits per heavy atom. The molecule has 3 aromatic rings. The Bertz CT molecular complexity index is 1140. The van der Waals surface area contributed by atoms with Gasteiger partial charge in [0.1, 0.15) is 12.3 Å². The molecule has 2 amide bonds. The van der Waals surface area contributed by atoms with Crippen molar-refractivity contribution in [3.05, 3.63) is 89.9 Å². The molecular formula is C27H28N2O5. The molecule has 0 aliphatic carbocycles. The van der Waals surface area contributed by atoms with Crippen molar-refractivity contribution in [3.63, 3.8) is 0 Å². The SMILES string of the molecule is CC(C)N(CC(=O)N(Cc1ccc2c(c1)OCO2)Cc1ccco1)C(=O)C=Cc1ccccc1. The fourth-order valence-electron chi connectivity index (χ4n) is 3.67. The number of carbonyl (C=O) groups excluding carboxylic acids is 2. The average Bonchev–Trinajstić information content (AvgIpc) is 3.52. The Morgan fingerprint density at radius 2 is 1.76 bits per heavy atom. The molecule has 0 bridgehead atoms. The molecule has 7 heteroatoms. The van der Waals surface area contributed by atoms with Crippen LogP contribution in [-0.2, 0) is 22.7 Å². The number of benzene rings is 2. The maximum Gasteiger partial charge on any atom is 0.247 e. The number of rotatable bonds is 9. The third-order valence-electron chi connectivity index (χ3n) is 5.52. The van der Waals surface area contributed by atoms with Gasteiger partial charge >= 0.3 is 0 Å². The molecule has 7 nitrogen and oxygen atoms in total. The molecule has 2 heterocycles. The van der Waals surface area contributed by atoms with Crippen LogP contribution in [0.15, 0.2) is 77.4 Å². The van der Waals surface area contributed by atoms with Crippen LogP contribution in [0.25, 0.3) is 6.08 Å². The van der Waals surface area contributed by atoms with Crippen LogP contribution in [0.1, 0.15) is 30.7 Å². The first-order chi connectivity index (χ1) is 16.5. The molecule has 0 saturated carbocycles. The highest BCUT2D eigenvalue weighted by molar-refractivity contribution is 5.94. The van der Waals surface area contributed by atoms with E-state index in [0.717, 1.165) is 11.1 Å². The lowest BCUT2D eigenvalue weighted by atomic mass is 10.1. The van der Waals surface area contributed by atoms with Gasteiger partial charge in [-0.15, -0.1) is 0 Å². The van der Waals surface area contributed by atoms with E-state index in [4.69, 9.17) is 13.9 Å². The summed E-state index contributed by atoms with van der Waals surface area (Å²) in [5, 5.41) is 0. The predicted molar refractivity (Wildman–Crippen MR) is 128 cm³/mol. The van der Waals surface area contributed by atoms with Gasteiger partial charge in [-0.05, 0) is 55.3 Å². The van der Waals surface area contributed by atoms with Gasteiger partial charge in [0.15, 0.2) is 11.5 Å². The number of fused-ring (bicyclic) bond motifs is 1. The number of amides is 2. The van der Waals surface area contributed by atoms with Gasteiger partial charge in [-0.3, -0.25) is 9.59 Å². The molecular weight excluding hydrogens is 432 g/mol. The predicted octanol–water partition coefficient (Wildman–Crippen LogP) is 4.49. The van der Waals surface area contributed by atoms with E-state index in [9.17, 15) is 9.59 Å². The lowest BCUT2D eigenvalue weighted by molar-refractivity contribution is -0.140. The molecule has 0 saturated heterocycles. The summed E-state index contributed by atoms with van der Waals surface area (Å²) < 4.78 is 16.3. The first-order valence-corrected chi connectivity index (χ1v) is 11.2. The fourth-order valence-corrected chi connectivity index (χ4v) is 3.67. The topological polar surface area (TPSA) is 72.2 Å². The van der Waals surface area contributed by atoms with Crippen molar-refractivity contribution < 1.29 is 23.5 Å². The van der Waals surface area contributed by atoms with Gasteiger partial charge in [0, 0.05) is 18.7 Å². The van der Waals surface area contributed by atoms with Gasteiger partial charge in [0.25, 0.3) is 0 Å². The van der Waals surface area contributed by atoms with E-state index in [1.165, 1.54) is 6.08 Å². The van der Waals surface area contributed by atoms with Crippen LogP contribution < -0.4 is 9.47 Å². The molecule has 0 N–H and O–H groups in total. The summed E-state index contributed by atoms with van der Waals surface area (Å²) in [6.45, 7) is 4.58. The van der Waals surface area contributed by atoms with E-state index in [1.54, 1.807) is 28.2 Å². The van der Waals surface area contributed by atoms with Crippen molar-refractivity contribution in [3.8, 4) is 11.5 Å². The minimum absolute atomic E-state index is 0.0408. The zero-order valence-electron chi connectivity index (χ0n) is 19.3. The highest BCUT2D eigenvalue weighted by Crippen LogP contribution is 2.33. The van der Waals surface area contributed by atoms with Crippen molar-refractivity contribution >= 4 is 17.9 Å². The third kappa shape index (κ3) is 5.86. The van der Waals surface area contributed by atoms with E-state index in [-0.39, 0.29) is 31.2 Å². The van der Waals surface area contributed by atoms with Crippen LogP contribution >= 0.6 is 0 Å². The molecule has 176 valence electrons. The van der Waals surface area contributed by atoms with E-state index in [2.05, 4.69) is 0 Å². The molecule has 0 atom stereocenters. The first-order valence-electron chi connectivity index (χ1n) is 11.2. The van der Waals surface area contributed by atoms with Crippen molar-refractivity contribution in [2.24, 2.45) is 0 Å². The summed E-state index contributed by atoms with van der Waals surface area (Å²) in [5.74, 6) is 1.63. The first kappa shape index (κ1) is 23.2. The molecule has 34 heavy (non-hydrogen) atoms. The Balaban J connectivity index is 1.49. The van der Waals surface area contributed by atoms with Gasteiger partial charge in [-0.2, -0.15) is 0 Å². The highest BCUT2D eigenvalue weighted by Gasteiger charge is 2.24. The fraction of sp³-hybridized carbons (Fsp3) is 0.259. The van der Waals surface area contributed by atoms with E-state index < -0.39 is 0 Å². The highest BCUT2D eigenvalue weighted by atomic mass is 16.7. The van der Waals surface area contributed by atoms with Gasteiger partial charge in [-0.25, -0.2) is 0 Å². The van der Waals surface area contributed by atoms with Gasteiger partial charge < -0.3 is 23.7 Å². The zero-order valence-corrected chi connectivity index (χ0v) is 19.3. The van der Waals surface area contributed by atoms with Crippen LogP contribution in [0.4, 0.5) is 0 Å². The number of furan rings is 1. The monoisotopic (exact) mass is 460 g/mol. The number of carbonyl (C=O) groups is 2. The van der Waals surface area contributed by atoms with Crippen LogP contribution in [0, 0.1) is 0 Å². The minimum atomic E-state index is -0.215. The summed E-state index contributed by atoms with van der Waals surface area (Å²) in [7, 11) is 0. The number of ether oxygens (including phenoxy) is 2. The smallest absolute Gasteiger partial charge is 0.247 e. The second-order valence-electron chi connectivity index (χ2n) is 8.32. The Hall–Kier alpha value is -4.00. The standard InChI is InChI=1S/C27H28N2O5/c1-20(2)29(26(30)13-11-21-7-4-3-5-8-21)18-27(31)28(17-23-9-6-14-32-23)16-22-10-12-24-25(15-22)34-19-33-24/h3-15,20H,16-19H2,1-2H3.